The molecule has 0 fully saturated rings. The van der Waals surface area contributed by atoms with Gasteiger partial charge in [0.1, 0.15) is 18.1 Å². The van der Waals surface area contributed by atoms with Crippen LogP contribution in [0.4, 0.5) is 0 Å². The number of aromatic nitrogens is 3. The van der Waals surface area contributed by atoms with E-state index in [4.69, 9.17) is 5.73 Å². The molecule has 1 aromatic carbocycles. The molecule has 3 rings (SSSR count). The number of nitrogens with two attached hydrogens (primary N) is 1. The Bertz CT molecular complexity index is 1350. The number of aromatic amines is 2. The molecule has 9 N–H and O–H groups in total. The second-order valence-electron chi connectivity index (χ2n) is 9.74. The van der Waals surface area contributed by atoms with Gasteiger partial charge in [0.25, 0.3) is 0 Å². The van der Waals surface area contributed by atoms with Crippen molar-refractivity contribution in [3.63, 3.8) is 0 Å². The molecule has 0 bridgehead atoms. The number of amides is 3. The molecule has 4 atom stereocenters. The van der Waals surface area contributed by atoms with Crippen LogP contribution in [0.5, 0.6) is 0 Å². The van der Waals surface area contributed by atoms with Crippen LogP contribution >= 0.6 is 0 Å². The molecule has 0 aliphatic rings. The third kappa shape index (κ3) is 7.89. The average Bonchev–Trinajstić information content (AvgIpc) is 3.55. The molecule has 3 aromatic rings. The van der Waals surface area contributed by atoms with Gasteiger partial charge in [0.15, 0.2) is 0 Å². The molecule has 40 heavy (non-hydrogen) atoms. The smallest absolute Gasteiger partial charge is 0.326 e. The number of para-hydroxylation sites is 1. The van der Waals surface area contributed by atoms with Gasteiger partial charge in [-0.25, -0.2) is 9.78 Å². The quantitative estimate of drug-likeness (QED) is 0.130. The van der Waals surface area contributed by atoms with Gasteiger partial charge in [-0.05, 0) is 17.5 Å². The summed E-state index contributed by atoms with van der Waals surface area (Å²) in [6.07, 6.45) is 3.84. The lowest BCUT2D eigenvalue weighted by atomic mass is 10.0. The summed E-state index contributed by atoms with van der Waals surface area (Å²) in [4.78, 5) is 71.9. The van der Waals surface area contributed by atoms with Crippen molar-refractivity contribution in [2.24, 2.45) is 11.7 Å². The summed E-state index contributed by atoms with van der Waals surface area (Å²) in [5.74, 6) is -5.61. The molecule has 214 valence electrons. The first kappa shape index (κ1) is 29.8. The Morgan fingerprint density at radius 2 is 1.62 bits per heavy atom. The second kappa shape index (κ2) is 13.4. The highest BCUT2D eigenvalue weighted by atomic mass is 16.4. The maximum Gasteiger partial charge on any atom is 0.326 e. The minimum absolute atomic E-state index is 0.0181. The zero-order valence-electron chi connectivity index (χ0n) is 22.0. The van der Waals surface area contributed by atoms with Gasteiger partial charge in [0.05, 0.1) is 18.8 Å². The fraction of sp³-hybridized carbons (Fsp3) is 0.385. The number of nitrogens with one attached hydrogen (secondary N) is 5. The summed E-state index contributed by atoms with van der Waals surface area (Å²) in [7, 11) is 0. The number of fused-ring (bicyclic) bond motifs is 1. The van der Waals surface area contributed by atoms with Crippen LogP contribution in [0.25, 0.3) is 10.9 Å². The molecule has 0 spiro atoms. The molecule has 0 saturated heterocycles. The molecule has 14 nitrogen and oxygen atoms in total. The fourth-order valence-corrected chi connectivity index (χ4v) is 4.16. The number of carbonyl (C=O) groups is 5. The van der Waals surface area contributed by atoms with E-state index >= 15 is 0 Å². The number of H-pyrrole nitrogens is 2. The van der Waals surface area contributed by atoms with E-state index in [1.54, 1.807) is 20.0 Å². The Balaban J connectivity index is 1.69. The van der Waals surface area contributed by atoms with Gasteiger partial charge in [0, 0.05) is 41.8 Å². The number of aliphatic carboxylic acids is 2. The summed E-state index contributed by atoms with van der Waals surface area (Å²) >= 11 is 0. The number of imidazole rings is 1. The minimum atomic E-state index is -1.53. The summed E-state index contributed by atoms with van der Waals surface area (Å²) in [6.45, 7) is 3.26. The molecule has 2 heterocycles. The van der Waals surface area contributed by atoms with Gasteiger partial charge >= 0.3 is 11.9 Å². The van der Waals surface area contributed by atoms with E-state index in [0.717, 1.165) is 10.9 Å². The van der Waals surface area contributed by atoms with Crippen molar-refractivity contribution in [2.45, 2.75) is 57.3 Å². The molecular weight excluding hydrogens is 522 g/mol. The number of hydrogen-bond acceptors (Lipinski definition) is 7. The predicted octanol–water partition coefficient (Wildman–Crippen LogP) is -0.327. The molecule has 0 saturated carbocycles. The van der Waals surface area contributed by atoms with Crippen LogP contribution in [0.2, 0.25) is 0 Å². The molecule has 14 heteroatoms. The number of benzene rings is 1. The summed E-state index contributed by atoms with van der Waals surface area (Å²) < 4.78 is 0. The predicted molar refractivity (Wildman–Crippen MR) is 143 cm³/mol. The number of carboxylic acid groups (broad SMARTS) is 2. The van der Waals surface area contributed by atoms with Crippen molar-refractivity contribution >= 4 is 40.6 Å². The third-order valence-electron chi connectivity index (χ3n) is 6.30. The minimum Gasteiger partial charge on any atom is -0.481 e. The first-order chi connectivity index (χ1) is 19.0. The van der Waals surface area contributed by atoms with Crippen molar-refractivity contribution in [3.05, 3.63) is 54.2 Å². The Kier molecular flexibility index (Phi) is 9.97. The zero-order chi connectivity index (χ0) is 29.4. The average molecular weight is 556 g/mol. The number of rotatable bonds is 14. The zero-order valence-corrected chi connectivity index (χ0v) is 22.0. The first-order valence-electron chi connectivity index (χ1n) is 12.6. The van der Waals surface area contributed by atoms with Crippen molar-refractivity contribution in [2.75, 3.05) is 0 Å². The van der Waals surface area contributed by atoms with Crippen LogP contribution in [0, 0.1) is 5.92 Å². The molecule has 0 aliphatic heterocycles. The lowest BCUT2D eigenvalue weighted by Crippen LogP contribution is -2.59. The third-order valence-corrected chi connectivity index (χ3v) is 6.30. The van der Waals surface area contributed by atoms with E-state index in [-0.39, 0.29) is 12.8 Å². The van der Waals surface area contributed by atoms with Crippen molar-refractivity contribution in [1.29, 1.82) is 0 Å². The summed E-state index contributed by atoms with van der Waals surface area (Å²) in [5.41, 5.74) is 7.97. The Labute approximate surface area is 229 Å². The molecule has 0 radical (unpaired) electrons. The van der Waals surface area contributed by atoms with E-state index in [1.807, 2.05) is 24.3 Å². The molecule has 2 aromatic heterocycles. The molecule has 3 amide bonds. The highest BCUT2D eigenvalue weighted by molar-refractivity contribution is 5.96. The summed E-state index contributed by atoms with van der Waals surface area (Å²) in [6, 6.07) is 2.16. The van der Waals surface area contributed by atoms with Crippen molar-refractivity contribution in [1.82, 2.24) is 30.9 Å². The van der Waals surface area contributed by atoms with E-state index in [1.165, 1.54) is 12.5 Å². The number of carbonyl (C=O) groups excluding carboxylic acids is 3. The van der Waals surface area contributed by atoms with Gasteiger partial charge in [-0.3, -0.25) is 19.2 Å². The van der Waals surface area contributed by atoms with E-state index in [0.29, 0.717) is 11.3 Å². The number of hydrogen-bond donors (Lipinski definition) is 8. The Morgan fingerprint density at radius 1 is 0.925 bits per heavy atom. The SMILES string of the molecule is CC(C)C(NC(=O)C(CC(=O)O)NC(=O)C(N)Cc1cnc[nH]1)C(=O)NC(Cc1c[nH]c2ccccc12)C(=O)O. The van der Waals surface area contributed by atoms with E-state index < -0.39 is 66.2 Å². The van der Waals surface area contributed by atoms with Gasteiger partial charge in [-0.15, -0.1) is 0 Å². The maximum absolute atomic E-state index is 13.2. The van der Waals surface area contributed by atoms with Crippen LogP contribution in [-0.4, -0.2) is 79.0 Å². The highest BCUT2D eigenvalue weighted by Crippen LogP contribution is 2.19. The summed E-state index contributed by atoms with van der Waals surface area (Å²) in [5, 5.41) is 27.2. The largest absolute Gasteiger partial charge is 0.481 e. The van der Waals surface area contributed by atoms with Crippen LogP contribution in [-0.2, 0) is 36.8 Å². The topological polar surface area (TPSA) is 232 Å². The van der Waals surface area contributed by atoms with E-state index in [9.17, 15) is 34.2 Å². The highest BCUT2D eigenvalue weighted by Gasteiger charge is 2.33. The normalized spacial score (nSPS) is 14.2. The molecule has 4 unspecified atom stereocenters. The van der Waals surface area contributed by atoms with Crippen molar-refractivity contribution in [3.8, 4) is 0 Å². The maximum atomic E-state index is 13.2. The molecular formula is C26H33N7O7. The van der Waals surface area contributed by atoms with Gasteiger partial charge < -0.3 is 41.9 Å². The van der Waals surface area contributed by atoms with Gasteiger partial charge in [-0.1, -0.05) is 32.0 Å². The second-order valence-corrected chi connectivity index (χ2v) is 9.74. The number of carboxylic acids is 2. The lowest BCUT2D eigenvalue weighted by Gasteiger charge is -2.26. The van der Waals surface area contributed by atoms with Crippen LogP contribution in [0.15, 0.2) is 43.0 Å². The van der Waals surface area contributed by atoms with Gasteiger partial charge in [0.2, 0.25) is 17.7 Å². The fourth-order valence-electron chi connectivity index (χ4n) is 4.16. The lowest BCUT2D eigenvalue weighted by molar-refractivity contribution is -0.143. The van der Waals surface area contributed by atoms with E-state index in [2.05, 4.69) is 30.9 Å². The van der Waals surface area contributed by atoms with Gasteiger partial charge in [-0.2, -0.15) is 0 Å². The first-order valence-corrected chi connectivity index (χ1v) is 12.6. The van der Waals surface area contributed by atoms with Crippen LogP contribution < -0.4 is 21.7 Å². The van der Waals surface area contributed by atoms with Crippen molar-refractivity contribution < 1.29 is 34.2 Å². The Morgan fingerprint density at radius 3 is 2.25 bits per heavy atom. The Hall–Kier alpha value is -4.72. The van der Waals surface area contributed by atoms with Crippen LogP contribution in [0.3, 0.4) is 0 Å². The monoisotopic (exact) mass is 555 g/mol. The number of nitrogens with zero attached hydrogens (tertiary/aromatic N) is 1. The molecule has 0 aliphatic carbocycles. The standard InChI is InChI=1S/C26H33N7O7/c1-13(2)22(25(38)32-20(26(39)40)7-14-10-29-18-6-4-3-5-16(14)18)33-24(37)19(9-21(34)35)31-23(36)17(27)8-15-11-28-12-30-15/h3-6,10-13,17,19-20,22,29H,7-9,27H2,1-2H3,(H,28,30)(H,31,36)(H,32,38)(H,33,37)(H,34,35)(H,39,40). The van der Waals surface area contributed by atoms with Crippen LogP contribution in [0.1, 0.15) is 31.5 Å².